The summed E-state index contributed by atoms with van der Waals surface area (Å²) in [4.78, 5) is 25.2. The largest absolute Gasteiger partial charge is 0.383 e. The SMILES string of the molecule is CC.Cn1c(N)nc2cc(CCC3CCC(n4ccc5c(N)ncnc54)C3)ccc2c1=O. The van der Waals surface area contributed by atoms with Gasteiger partial charge in [-0.15, -0.1) is 0 Å². The van der Waals surface area contributed by atoms with Gasteiger partial charge in [0.1, 0.15) is 17.8 Å². The molecular formula is C24H31N7O. The highest BCUT2D eigenvalue weighted by molar-refractivity contribution is 5.86. The molecule has 0 aliphatic heterocycles. The van der Waals surface area contributed by atoms with Gasteiger partial charge < -0.3 is 16.0 Å². The van der Waals surface area contributed by atoms with E-state index in [9.17, 15) is 4.79 Å². The van der Waals surface area contributed by atoms with Gasteiger partial charge in [0.15, 0.2) is 0 Å². The molecule has 2 unspecified atom stereocenters. The summed E-state index contributed by atoms with van der Waals surface area (Å²) >= 11 is 0. The molecule has 5 rings (SSSR count). The summed E-state index contributed by atoms with van der Waals surface area (Å²) in [6.07, 6.45) is 9.17. The Kier molecular flexibility index (Phi) is 6.12. The summed E-state index contributed by atoms with van der Waals surface area (Å²) in [6.45, 7) is 4.00. The van der Waals surface area contributed by atoms with Gasteiger partial charge in [0, 0.05) is 19.3 Å². The number of nitrogens with zero attached hydrogens (tertiary/aromatic N) is 5. The van der Waals surface area contributed by atoms with Crippen LogP contribution in [-0.4, -0.2) is 24.1 Å². The first-order chi connectivity index (χ1) is 15.5. The fourth-order valence-corrected chi connectivity index (χ4v) is 4.71. The molecule has 8 heteroatoms. The van der Waals surface area contributed by atoms with Gasteiger partial charge in [0.25, 0.3) is 5.56 Å². The molecule has 4 N–H and O–H groups in total. The van der Waals surface area contributed by atoms with E-state index in [-0.39, 0.29) is 11.5 Å². The van der Waals surface area contributed by atoms with Crippen LogP contribution < -0.4 is 17.0 Å². The molecule has 1 saturated carbocycles. The molecule has 32 heavy (non-hydrogen) atoms. The molecule has 168 valence electrons. The topological polar surface area (TPSA) is 118 Å². The van der Waals surface area contributed by atoms with Crippen LogP contribution in [0.2, 0.25) is 0 Å². The number of aromatic nitrogens is 5. The van der Waals surface area contributed by atoms with E-state index in [2.05, 4.69) is 25.7 Å². The smallest absolute Gasteiger partial charge is 0.262 e. The first-order valence-electron chi connectivity index (χ1n) is 11.3. The second-order valence-corrected chi connectivity index (χ2v) is 8.28. The Morgan fingerprint density at radius 1 is 1.09 bits per heavy atom. The highest BCUT2D eigenvalue weighted by Crippen LogP contribution is 2.39. The maximum absolute atomic E-state index is 12.3. The van der Waals surface area contributed by atoms with Crippen molar-refractivity contribution in [3.63, 3.8) is 0 Å². The van der Waals surface area contributed by atoms with Crippen molar-refractivity contribution in [3.05, 3.63) is 52.7 Å². The quantitative estimate of drug-likeness (QED) is 0.505. The lowest BCUT2D eigenvalue weighted by Gasteiger charge is -2.14. The van der Waals surface area contributed by atoms with Crippen molar-refractivity contribution >= 4 is 33.7 Å². The molecule has 0 amide bonds. The van der Waals surface area contributed by atoms with E-state index in [0.717, 1.165) is 36.7 Å². The van der Waals surface area contributed by atoms with E-state index in [1.807, 2.05) is 38.1 Å². The molecule has 8 nitrogen and oxygen atoms in total. The number of nitrogen functional groups attached to an aromatic ring is 2. The minimum atomic E-state index is -0.105. The Morgan fingerprint density at radius 3 is 2.72 bits per heavy atom. The van der Waals surface area contributed by atoms with Crippen LogP contribution in [-0.2, 0) is 13.5 Å². The molecule has 0 radical (unpaired) electrons. The number of aryl methyl sites for hydroxylation is 1. The Bertz CT molecular complexity index is 1310. The first kappa shape index (κ1) is 21.8. The van der Waals surface area contributed by atoms with E-state index < -0.39 is 0 Å². The maximum atomic E-state index is 12.3. The first-order valence-corrected chi connectivity index (χ1v) is 11.3. The van der Waals surface area contributed by atoms with Gasteiger partial charge in [0.2, 0.25) is 5.95 Å². The van der Waals surface area contributed by atoms with Crippen molar-refractivity contribution in [2.75, 3.05) is 11.5 Å². The van der Waals surface area contributed by atoms with Gasteiger partial charge in [-0.05, 0) is 61.8 Å². The predicted octanol–water partition coefficient (Wildman–Crippen LogP) is 3.84. The van der Waals surface area contributed by atoms with Crippen molar-refractivity contribution in [2.45, 2.75) is 52.0 Å². The van der Waals surface area contributed by atoms with Crippen LogP contribution in [0.3, 0.4) is 0 Å². The minimum Gasteiger partial charge on any atom is -0.383 e. The third kappa shape index (κ3) is 3.92. The Balaban J connectivity index is 0.00000119. The molecule has 0 saturated heterocycles. The predicted molar refractivity (Wildman–Crippen MR) is 129 cm³/mol. The number of nitrogens with two attached hydrogens (primary N) is 2. The van der Waals surface area contributed by atoms with Gasteiger partial charge in [-0.25, -0.2) is 15.0 Å². The second kappa shape index (κ2) is 8.98. The Labute approximate surface area is 187 Å². The Morgan fingerprint density at radius 2 is 1.91 bits per heavy atom. The third-order valence-electron chi connectivity index (χ3n) is 6.46. The fraction of sp³-hybridized carbons (Fsp3) is 0.417. The van der Waals surface area contributed by atoms with Crippen molar-refractivity contribution in [1.82, 2.24) is 24.1 Å². The van der Waals surface area contributed by atoms with E-state index in [1.165, 1.54) is 22.9 Å². The van der Waals surface area contributed by atoms with Gasteiger partial charge in [-0.2, -0.15) is 0 Å². The molecule has 2 atom stereocenters. The number of anilines is 2. The molecular weight excluding hydrogens is 402 g/mol. The van der Waals surface area contributed by atoms with Crippen LogP contribution >= 0.6 is 0 Å². The highest BCUT2D eigenvalue weighted by Gasteiger charge is 2.27. The van der Waals surface area contributed by atoms with Crippen molar-refractivity contribution in [1.29, 1.82) is 0 Å². The lowest BCUT2D eigenvalue weighted by Crippen LogP contribution is -2.21. The summed E-state index contributed by atoms with van der Waals surface area (Å²) < 4.78 is 3.63. The Hall–Kier alpha value is -3.42. The van der Waals surface area contributed by atoms with Crippen LogP contribution in [0, 0.1) is 5.92 Å². The van der Waals surface area contributed by atoms with Crippen molar-refractivity contribution in [3.8, 4) is 0 Å². The molecule has 3 aromatic heterocycles. The van der Waals surface area contributed by atoms with Gasteiger partial charge in [-0.1, -0.05) is 19.9 Å². The molecule has 0 spiro atoms. The minimum absolute atomic E-state index is 0.105. The number of fused-ring (bicyclic) bond motifs is 2. The average molecular weight is 434 g/mol. The third-order valence-corrected chi connectivity index (χ3v) is 6.46. The average Bonchev–Trinajstić information content (AvgIpc) is 3.45. The maximum Gasteiger partial charge on any atom is 0.262 e. The standard InChI is InChI=1S/C22H25N7O.C2H6/c1-28-21(30)16-7-5-14(11-18(16)27-22(28)24)3-2-13-4-6-15(10-13)29-9-8-17-19(23)25-12-26-20(17)29;1-2/h5,7-9,11-13,15H,2-4,6,10H2,1H3,(H2,24,27)(H2,23,25,26);1-2H3. The van der Waals surface area contributed by atoms with E-state index in [4.69, 9.17) is 11.5 Å². The highest BCUT2D eigenvalue weighted by atomic mass is 16.1. The van der Waals surface area contributed by atoms with Crippen molar-refractivity contribution in [2.24, 2.45) is 13.0 Å². The van der Waals surface area contributed by atoms with E-state index in [0.29, 0.717) is 28.7 Å². The van der Waals surface area contributed by atoms with Crippen LogP contribution in [0.5, 0.6) is 0 Å². The summed E-state index contributed by atoms with van der Waals surface area (Å²) in [7, 11) is 1.64. The zero-order valence-electron chi connectivity index (χ0n) is 19.0. The molecule has 1 fully saturated rings. The van der Waals surface area contributed by atoms with Crippen LogP contribution in [0.15, 0.2) is 41.6 Å². The number of hydrogen-bond donors (Lipinski definition) is 2. The van der Waals surface area contributed by atoms with Crippen LogP contribution in [0.25, 0.3) is 21.9 Å². The van der Waals surface area contributed by atoms with Gasteiger partial charge in [-0.3, -0.25) is 9.36 Å². The zero-order valence-corrected chi connectivity index (χ0v) is 19.0. The van der Waals surface area contributed by atoms with Gasteiger partial charge in [0.05, 0.1) is 16.3 Å². The molecule has 1 aromatic carbocycles. The number of rotatable bonds is 4. The number of hydrogen-bond acceptors (Lipinski definition) is 6. The summed E-state index contributed by atoms with van der Waals surface area (Å²) in [6, 6.07) is 8.36. The molecule has 0 bridgehead atoms. The van der Waals surface area contributed by atoms with E-state index >= 15 is 0 Å². The van der Waals surface area contributed by atoms with Crippen LogP contribution in [0.4, 0.5) is 11.8 Å². The monoisotopic (exact) mass is 433 g/mol. The van der Waals surface area contributed by atoms with Crippen LogP contribution in [0.1, 0.15) is 51.1 Å². The molecule has 1 aliphatic rings. The zero-order chi connectivity index (χ0) is 22.8. The summed E-state index contributed by atoms with van der Waals surface area (Å²) in [5.41, 5.74) is 14.5. The lowest BCUT2D eigenvalue weighted by molar-refractivity contribution is 0.461. The fourth-order valence-electron chi connectivity index (χ4n) is 4.71. The van der Waals surface area contributed by atoms with Crippen molar-refractivity contribution < 1.29 is 0 Å². The van der Waals surface area contributed by atoms with E-state index in [1.54, 1.807) is 7.05 Å². The summed E-state index contributed by atoms with van der Waals surface area (Å²) in [5, 5.41) is 1.53. The lowest BCUT2D eigenvalue weighted by atomic mass is 9.97. The summed E-state index contributed by atoms with van der Waals surface area (Å²) in [5.74, 6) is 1.43. The second-order valence-electron chi connectivity index (χ2n) is 8.28. The number of benzene rings is 1. The molecule has 1 aliphatic carbocycles. The van der Waals surface area contributed by atoms with Gasteiger partial charge >= 0.3 is 0 Å². The normalized spacial score (nSPS) is 18.1. The molecule has 3 heterocycles. The molecule has 4 aromatic rings.